The molecule has 0 aromatic heterocycles. The Balaban J connectivity index is 1.61. The molecule has 7 heteroatoms. The fraction of sp³-hybridized carbons (Fsp3) is 0.273. The Labute approximate surface area is 166 Å². The molecule has 150 valence electrons. The summed E-state index contributed by atoms with van der Waals surface area (Å²) in [7, 11) is 0. The van der Waals surface area contributed by atoms with Crippen LogP contribution >= 0.6 is 0 Å². The minimum absolute atomic E-state index is 0.00692. The molecule has 0 radical (unpaired) electrons. The van der Waals surface area contributed by atoms with E-state index >= 15 is 0 Å². The molecule has 0 bridgehead atoms. The van der Waals surface area contributed by atoms with Crippen molar-refractivity contribution < 1.29 is 23.5 Å². The molecule has 29 heavy (non-hydrogen) atoms. The number of carboxylic acid groups (broad SMARTS) is 1. The van der Waals surface area contributed by atoms with Crippen molar-refractivity contribution in [3.05, 3.63) is 76.9 Å². The van der Waals surface area contributed by atoms with E-state index in [1.165, 1.54) is 12.1 Å². The van der Waals surface area contributed by atoms with Crippen molar-refractivity contribution in [1.29, 1.82) is 0 Å². The Morgan fingerprint density at radius 1 is 1.14 bits per heavy atom. The first-order chi connectivity index (χ1) is 13.9. The van der Waals surface area contributed by atoms with Gasteiger partial charge in [-0.1, -0.05) is 18.2 Å². The van der Waals surface area contributed by atoms with Crippen LogP contribution in [0.3, 0.4) is 0 Å². The Bertz CT molecular complexity index is 1010. The van der Waals surface area contributed by atoms with Gasteiger partial charge in [0.1, 0.15) is 11.6 Å². The van der Waals surface area contributed by atoms with Crippen LogP contribution in [-0.2, 0) is 4.79 Å². The average molecular weight is 398 g/mol. The van der Waals surface area contributed by atoms with Gasteiger partial charge in [-0.05, 0) is 42.2 Å². The van der Waals surface area contributed by atoms with Crippen molar-refractivity contribution in [1.82, 2.24) is 5.32 Å². The molecule has 3 N–H and O–H groups in total. The number of anilines is 1. The molecule has 1 amide bonds. The van der Waals surface area contributed by atoms with Crippen LogP contribution in [0.1, 0.15) is 46.3 Å². The number of nitrogens with one attached hydrogen (secondary N) is 2. The number of hydrogen-bond acceptors (Lipinski definition) is 3. The summed E-state index contributed by atoms with van der Waals surface area (Å²) in [5.74, 6) is -2.44. The Morgan fingerprint density at radius 2 is 1.97 bits per heavy atom. The van der Waals surface area contributed by atoms with Gasteiger partial charge in [-0.15, -0.1) is 0 Å². The molecule has 2 aliphatic rings. The smallest absolute Gasteiger partial charge is 0.305 e. The van der Waals surface area contributed by atoms with E-state index in [9.17, 15) is 18.4 Å². The molecule has 0 saturated heterocycles. The number of carbonyl (C=O) groups is 2. The molecule has 0 fully saturated rings. The number of hydrogen-bond donors (Lipinski definition) is 3. The molecule has 3 unspecified atom stereocenters. The largest absolute Gasteiger partial charge is 0.481 e. The standard InChI is InChI=1S/C22H20F2N2O3/c23-13-5-6-16(18(24)11-13)21-15-3-1-2-14(15)17-10-12(4-7-19(17)26-21)22(29)25-9-8-20(27)28/h1-2,4-7,10-11,14-15,21,26H,3,8-9H2,(H,25,29)(H,27,28). The highest BCUT2D eigenvalue weighted by Crippen LogP contribution is 2.50. The second-order valence-corrected chi connectivity index (χ2v) is 7.34. The minimum Gasteiger partial charge on any atom is -0.481 e. The van der Waals surface area contributed by atoms with Crippen LogP contribution in [-0.4, -0.2) is 23.5 Å². The maximum absolute atomic E-state index is 14.4. The van der Waals surface area contributed by atoms with Crippen molar-refractivity contribution in [2.75, 3.05) is 11.9 Å². The summed E-state index contributed by atoms with van der Waals surface area (Å²) in [6, 6.07) is 8.55. The molecule has 5 nitrogen and oxygen atoms in total. The van der Waals surface area contributed by atoms with E-state index in [2.05, 4.69) is 16.7 Å². The van der Waals surface area contributed by atoms with Crippen LogP contribution in [0.5, 0.6) is 0 Å². The second-order valence-electron chi connectivity index (χ2n) is 7.34. The topological polar surface area (TPSA) is 78.4 Å². The summed E-state index contributed by atoms with van der Waals surface area (Å²) in [6.07, 6.45) is 4.70. The van der Waals surface area contributed by atoms with Crippen LogP contribution in [0.25, 0.3) is 0 Å². The number of rotatable bonds is 5. The molecular formula is C22H20F2N2O3. The first kappa shape index (κ1) is 19.1. The van der Waals surface area contributed by atoms with Gasteiger partial charge in [0.15, 0.2) is 0 Å². The molecule has 3 atom stereocenters. The van der Waals surface area contributed by atoms with Gasteiger partial charge in [0, 0.05) is 35.3 Å². The third-order valence-corrected chi connectivity index (χ3v) is 5.55. The Morgan fingerprint density at radius 3 is 2.72 bits per heavy atom. The van der Waals surface area contributed by atoms with E-state index < -0.39 is 17.6 Å². The number of benzene rings is 2. The third kappa shape index (κ3) is 3.72. The van der Waals surface area contributed by atoms with Crippen molar-refractivity contribution in [3.8, 4) is 0 Å². The number of aliphatic carboxylic acids is 1. The lowest BCUT2D eigenvalue weighted by Gasteiger charge is -2.37. The van der Waals surface area contributed by atoms with E-state index in [1.54, 1.807) is 18.2 Å². The zero-order valence-electron chi connectivity index (χ0n) is 15.5. The van der Waals surface area contributed by atoms with E-state index in [0.29, 0.717) is 11.1 Å². The number of carboxylic acids is 1. The summed E-state index contributed by atoms with van der Waals surface area (Å²) in [6.45, 7) is 0.0569. The van der Waals surface area contributed by atoms with E-state index in [4.69, 9.17) is 5.11 Å². The summed E-state index contributed by atoms with van der Waals surface area (Å²) in [5, 5.41) is 14.7. The number of fused-ring (bicyclic) bond motifs is 3. The maximum atomic E-state index is 14.4. The van der Waals surface area contributed by atoms with Gasteiger partial charge in [0.25, 0.3) is 5.91 Å². The van der Waals surface area contributed by atoms with E-state index in [1.807, 2.05) is 6.08 Å². The maximum Gasteiger partial charge on any atom is 0.305 e. The van der Waals surface area contributed by atoms with Crippen LogP contribution in [0.15, 0.2) is 48.6 Å². The molecule has 0 spiro atoms. The number of allylic oxidation sites excluding steroid dienone is 2. The number of halogens is 2. The Kier molecular flexibility index (Phi) is 5.05. The van der Waals surface area contributed by atoms with Gasteiger partial charge >= 0.3 is 5.97 Å². The van der Waals surface area contributed by atoms with Gasteiger partial charge in [0.05, 0.1) is 12.5 Å². The zero-order valence-corrected chi connectivity index (χ0v) is 15.5. The molecule has 1 heterocycles. The van der Waals surface area contributed by atoms with Crippen molar-refractivity contribution in [2.45, 2.75) is 24.8 Å². The van der Waals surface area contributed by atoms with Crippen LogP contribution < -0.4 is 10.6 Å². The fourth-order valence-electron chi connectivity index (χ4n) is 4.18. The highest BCUT2D eigenvalue weighted by molar-refractivity contribution is 5.95. The van der Waals surface area contributed by atoms with Gasteiger partial charge < -0.3 is 15.7 Å². The highest BCUT2D eigenvalue weighted by atomic mass is 19.1. The Hall–Kier alpha value is -3.22. The van der Waals surface area contributed by atoms with Crippen molar-refractivity contribution in [2.24, 2.45) is 5.92 Å². The minimum atomic E-state index is -0.974. The number of carbonyl (C=O) groups excluding carboxylic acids is 1. The first-order valence-corrected chi connectivity index (χ1v) is 9.46. The monoisotopic (exact) mass is 398 g/mol. The summed E-state index contributed by atoms with van der Waals surface area (Å²) in [4.78, 5) is 22.9. The molecule has 1 aliphatic heterocycles. The average Bonchev–Trinajstić information content (AvgIpc) is 3.17. The number of amides is 1. The summed E-state index contributed by atoms with van der Waals surface area (Å²) >= 11 is 0. The van der Waals surface area contributed by atoms with Gasteiger partial charge in [-0.2, -0.15) is 0 Å². The summed E-state index contributed by atoms with van der Waals surface area (Å²) < 4.78 is 27.7. The summed E-state index contributed by atoms with van der Waals surface area (Å²) in [5.41, 5.74) is 2.61. The van der Waals surface area contributed by atoms with Crippen molar-refractivity contribution in [3.63, 3.8) is 0 Å². The lowest BCUT2D eigenvalue weighted by molar-refractivity contribution is -0.136. The molecule has 2 aromatic rings. The molecular weight excluding hydrogens is 378 g/mol. The van der Waals surface area contributed by atoms with Gasteiger partial charge in [-0.3, -0.25) is 9.59 Å². The fourth-order valence-corrected chi connectivity index (χ4v) is 4.18. The van der Waals surface area contributed by atoms with Crippen molar-refractivity contribution >= 4 is 17.6 Å². The van der Waals surface area contributed by atoms with E-state index in [-0.39, 0.29) is 36.8 Å². The molecule has 1 aliphatic carbocycles. The highest BCUT2D eigenvalue weighted by Gasteiger charge is 2.39. The van der Waals surface area contributed by atoms with Gasteiger partial charge in [0.2, 0.25) is 0 Å². The normalized spacial score (nSPS) is 21.8. The lowest BCUT2D eigenvalue weighted by atomic mass is 9.76. The first-order valence-electron chi connectivity index (χ1n) is 9.46. The van der Waals surface area contributed by atoms with Crippen LogP contribution in [0.4, 0.5) is 14.5 Å². The SMILES string of the molecule is O=C(O)CCNC(=O)c1ccc2c(c1)C1C=CCC1C(c1ccc(F)cc1F)N2. The zero-order chi connectivity index (χ0) is 20.5. The van der Waals surface area contributed by atoms with Gasteiger partial charge in [-0.25, -0.2) is 8.78 Å². The predicted octanol–water partition coefficient (Wildman–Crippen LogP) is 4.00. The third-order valence-electron chi connectivity index (χ3n) is 5.55. The molecule has 2 aromatic carbocycles. The van der Waals surface area contributed by atoms with Crippen LogP contribution in [0, 0.1) is 17.6 Å². The molecule has 4 rings (SSSR count). The predicted molar refractivity (Wildman–Crippen MR) is 104 cm³/mol. The second kappa shape index (κ2) is 7.66. The van der Waals surface area contributed by atoms with E-state index in [0.717, 1.165) is 23.7 Å². The molecule has 0 saturated carbocycles. The van der Waals surface area contributed by atoms with Crippen LogP contribution in [0.2, 0.25) is 0 Å². The lowest BCUT2D eigenvalue weighted by Crippen LogP contribution is -2.31. The quantitative estimate of drug-likeness (QED) is 0.666.